The Labute approximate surface area is 380 Å². The van der Waals surface area contributed by atoms with Crippen molar-refractivity contribution in [3.63, 3.8) is 0 Å². The minimum Gasteiger partial charge on any atom is -0.462 e. The van der Waals surface area contributed by atoms with Crippen LogP contribution in [0, 0.1) is 0 Å². The van der Waals surface area contributed by atoms with Crippen molar-refractivity contribution in [1.29, 1.82) is 0 Å². The Kier molecular flexibility index (Phi) is 49.3. The second-order valence-corrected chi connectivity index (χ2v) is 18.5. The van der Waals surface area contributed by atoms with Crippen molar-refractivity contribution >= 4 is 17.9 Å². The molecular weight excluding hydrogens is 757 g/mol. The molecule has 0 radical (unpaired) electrons. The Morgan fingerprint density at radius 2 is 0.541 bits per heavy atom. The van der Waals surface area contributed by atoms with Crippen molar-refractivity contribution in [2.45, 2.75) is 309 Å². The summed E-state index contributed by atoms with van der Waals surface area (Å²) in [6.07, 6.45) is 56.2. The lowest BCUT2D eigenvalue weighted by Crippen LogP contribution is -2.30. The summed E-state index contributed by atoms with van der Waals surface area (Å²) in [6, 6.07) is 0. The Hall–Kier alpha value is -1.85. The van der Waals surface area contributed by atoms with Gasteiger partial charge in [-0.15, -0.1) is 0 Å². The van der Waals surface area contributed by atoms with Crippen molar-refractivity contribution in [3.8, 4) is 0 Å². The number of rotatable bonds is 50. The molecule has 0 heterocycles. The number of hydrogen-bond acceptors (Lipinski definition) is 6. The van der Waals surface area contributed by atoms with Gasteiger partial charge in [0.15, 0.2) is 6.10 Å². The fourth-order valence-corrected chi connectivity index (χ4v) is 8.14. The summed E-state index contributed by atoms with van der Waals surface area (Å²) in [5.41, 5.74) is 0. The minimum absolute atomic E-state index is 0.0668. The first kappa shape index (κ1) is 59.1. The summed E-state index contributed by atoms with van der Waals surface area (Å²) >= 11 is 0. The maximum atomic E-state index is 12.8. The molecule has 0 aliphatic heterocycles. The molecule has 0 aromatic rings. The van der Waals surface area contributed by atoms with Gasteiger partial charge in [0, 0.05) is 19.3 Å². The second-order valence-electron chi connectivity index (χ2n) is 18.5. The molecule has 0 aliphatic carbocycles. The van der Waals surface area contributed by atoms with Gasteiger partial charge in [-0.25, -0.2) is 0 Å². The van der Waals surface area contributed by atoms with Crippen LogP contribution in [0.3, 0.4) is 0 Å². The predicted molar refractivity (Wildman–Crippen MR) is 261 cm³/mol. The molecule has 0 amide bonds. The van der Waals surface area contributed by atoms with Crippen LogP contribution in [0.25, 0.3) is 0 Å². The van der Waals surface area contributed by atoms with E-state index >= 15 is 0 Å². The Bertz CT molecular complexity index is 947. The van der Waals surface area contributed by atoms with Crippen LogP contribution in [0.15, 0.2) is 12.2 Å². The summed E-state index contributed by atoms with van der Waals surface area (Å²) < 4.78 is 16.8. The average molecular weight is 861 g/mol. The molecule has 0 saturated heterocycles. The van der Waals surface area contributed by atoms with E-state index in [0.29, 0.717) is 19.3 Å². The third kappa shape index (κ3) is 49.0. The van der Waals surface area contributed by atoms with E-state index in [4.69, 9.17) is 14.2 Å². The van der Waals surface area contributed by atoms with Gasteiger partial charge in [-0.1, -0.05) is 251 Å². The highest BCUT2D eigenvalue weighted by Crippen LogP contribution is 2.17. The topological polar surface area (TPSA) is 78.9 Å². The van der Waals surface area contributed by atoms with Gasteiger partial charge in [0.05, 0.1) is 0 Å². The Morgan fingerprint density at radius 1 is 0.311 bits per heavy atom. The van der Waals surface area contributed by atoms with Gasteiger partial charge in [-0.2, -0.15) is 0 Å². The fourth-order valence-electron chi connectivity index (χ4n) is 8.14. The molecule has 0 aromatic carbocycles. The summed E-state index contributed by atoms with van der Waals surface area (Å²) in [5.74, 6) is -0.855. The largest absolute Gasteiger partial charge is 0.462 e. The molecule has 0 rings (SSSR count). The van der Waals surface area contributed by atoms with Crippen LogP contribution in [-0.4, -0.2) is 37.2 Å². The quantitative estimate of drug-likeness (QED) is 0.0262. The van der Waals surface area contributed by atoms with Gasteiger partial charge in [0.2, 0.25) is 0 Å². The molecule has 0 unspecified atom stereocenters. The maximum absolute atomic E-state index is 12.8. The van der Waals surface area contributed by atoms with Crippen molar-refractivity contribution in [3.05, 3.63) is 12.2 Å². The van der Waals surface area contributed by atoms with E-state index in [9.17, 15) is 14.4 Å². The molecule has 0 bridgehead atoms. The highest BCUT2D eigenvalue weighted by atomic mass is 16.6. The average Bonchev–Trinajstić information content (AvgIpc) is 3.26. The molecule has 360 valence electrons. The number of hydrogen-bond donors (Lipinski definition) is 0. The lowest BCUT2D eigenvalue weighted by Gasteiger charge is -2.18. The van der Waals surface area contributed by atoms with Crippen LogP contribution in [0.2, 0.25) is 0 Å². The first-order valence-corrected chi connectivity index (χ1v) is 27.2. The van der Waals surface area contributed by atoms with Gasteiger partial charge < -0.3 is 14.2 Å². The van der Waals surface area contributed by atoms with Gasteiger partial charge >= 0.3 is 17.9 Å². The monoisotopic (exact) mass is 861 g/mol. The van der Waals surface area contributed by atoms with E-state index in [1.165, 1.54) is 199 Å². The van der Waals surface area contributed by atoms with Crippen LogP contribution in [0.4, 0.5) is 0 Å². The smallest absolute Gasteiger partial charge is 0.306 e. The van der Waals surface area contributed by atoms with Crippen molar-refractivity contribution in [2.75, 3.05) is 13.2 Å². The zero-order chi connectivity index (χ0) is 44.4. The molecule has 6 nitrogen and oxygen atoms in total. The van der Waals surface area contributed by atoms with Crippen LogP contribution >= 0.6 is 0 Å². The molecule has 0 aliphatic rings. The Morgan fingerprint density at radius 3 is 0.836 bits per heavy atom. The number of esters is 3. The lowest BCUT2D eigenvalue weighted by molar-refractivity contribution is -0.167. The number of allylic oxidation sites excluding steroid dienone is 2. The molecule has 0 fully saturated rings. The molecule has 1 atom stereocenters. The predicted octanol–water partition coefficient (Wildman–Crippen LogP) is 17.8. The molecule has 0 saturated carbocycles. The molecule has 6 heteroatoms. The molecule has 0 N–H and O–H groups in total. The number of ether oxygens (including phenoxy) is 3. The number of unbranched alkanes of at least 4 members (excludes halogenated alkanes) is 37. The number of carbonyl (C=O) groups is 3. The second kappa shape index (κ2) is 50.8. The first-order chi connectivity index (χ1) is 30.0. The van der Waals surface area contributed by atoms with E-state index in [1.807, 2.05) is 0 Å². The lowest BCUT2D eigenvalue weighted by atomic mass is 10.0. The van der Waals surface area contributed by atoms with Crippen LogP contribution in [0.5, 0.6) is 0 Å². The summed E-state index contributed by atoms with van der Waals surface area (Å²) in [5, 5.41) is 0. The van der Waals surface area contributed by atoms with Gasteiger partial charge in [0.1, 0.15) is 13.2 Å². The van der Waals surface area contributed by atoms with Crippen molar-refractivity contribution in [2.24, 2.45) is 0 Å². The minimum atomic E-state index is -0.766. The molecule has 61 heavy (non-hydrogen) atoms. The van der Waals surface area contributed by atoms with Gasteiger partial charge in [0.25, 0.3) is 0 Å². The Balaban J connectivity index is 4.32. The molecule has 0 spiro atoms. The SMILES string of the molecule is CCCCCC/C=C\CCCCCCCC(=O)OC[C@@H](COC(=O)CCCCCCCCCCCCCCCCC)OC(=O)CCCCCCCCCCCCCCCCC. The van der Waals surface area contributed by atoms with Crippen LogP contribution in [0.1, 0.15) is 303 Å². The van der Waals surface area contributed by atoms with E-state index in [-0.39, 0.29) is 31.1 Å². The van der Waals surface area contributed by atoms with E-state index in [0.717, 1.165) is 64.2 Å². The van der Waals surface area contributed by atoms with E-state index < -0.39 is 6.10 Å². The molecule has 0 aromatic heterocycles. The van der Waals surface area contributed by atoms with Crippen LogP contribution in [-0.2, 0) is 28.6 Å². The summed E-state index contributed by atoms with van der Waals surface area (Å²) in [7, 11) is 0. The molecular formula is C55H104O6. The summed E-state index contributed by atoms with van der Waals surface area (Å²) in [6.45, 7) is 6.66. The zero-order valence-electron chi connectivity index (χ0n) is 41.2. The van der Waals surface area contributed by atoms with Crippen molar-refractivity contribution < 1.29 is 28.6 Å². The zero-order valence-corrected chi connectivity index (χ0v) is 41.2. The highest BCUT2D eigenvalue weighted by Gasteiger charge is 2.19. The first-order valence-electron chi connectivity index (χ1n) is 27.2. The van der Waals surface area contributed by atoms with E-state index in [1.54, 1.807) is 0 Å². The van der Waals surface area contributed by atoms with Gasteiger partial charge in [-0.05, 0) is 44.9 Å². The fraction of sp³-hybridized carbons (Fsp3) is 0.909. The third-order valence-electron chi connectivity index (χ3n) is 12.3. The van der Waals surface area contributed by atoms with E-state index in [2.05, 4.69) is 32.9 Å². The third-order valence-corrected chi connectivity index (χ3v) is 12.3. The van der Waals surface area contributed by atoms with Crippen LogP contribution < -0.4 is 0 Å². The summed E-state index contributed by atoms with van der Waals surface area (Å²) in [4.78, 5) is 38.0. The van der Waals surface area contributed by atoms with Crippen molar-refractivity contribution in [1.82, 2.24) is 0 Å². The normalized spacial score (nSPS) is 12.0. The standard InChI is InChI=1S/C55H104O6/c1-4-7-10-13-16-19-22-25-27-30-33-36-39-42-45-48-54(57)60-51-52(50-59-53(56)47-44-41-38-35-32-29-24-21-18-15-12-9-6-3)61-55(58)49-46-43-40-37-34-31-28-26-23-20-17-14-11-8-5-2/h21,24,52H,4-20,22-23,25-51H2,1-3H3/b24-21-/t52-/m0/s1. The maximum Gasteiger partial charge on any atom is 0.306 e. The van der Waals surface area contributed by atoms with Gasteiger partial charge in [-0.3, -0.25) is 14.4 Å². The highest BCUT2D eigenvalue weighted by molar-refractivity contribution is 5.71. The number of carbonyl (C=O) groups excluding carboxylic acids is 3.